The quantitative estimate of drug-likeness (QED) is 0.890. The fraction of sp³-hybridized carbons (Fsp3) is 0.286. The van der Waals surface area contributed by atoms with Gasteiger partial charge in [0.1, 0.15) is 0 Å². The van der Waals surface area contributed by atoms with Gasteiger partial charge in [-0.25, -0.2) is 9.78 Å². The summed E-state index contributed by atoms with van der Waals surface area (Å²) in [5.41, 5.74) is 0.603. The third-order valence-corrected chi connectivity index (χ3v) is 4.43. The van der Waals surface area contributed by atoms with Gasteiger partial charge in [-0.2, -0.15) is 0 Å². The molecule has 3 nitrogen and oxygen atoms in total. The lowest BCUT2D eigenvalue weighted by molar-refractivity contribution is 0.0692. The Kier molecular flexibility index (Phi) is 3.65. The first kappa shape index (κ1) is 14.0. The summed E-state index contributed by atoms with van der Waals surface area (Å²) in [7, 11) is 0. The molecule has 2 rings (SSSR count). The average Bonchev–Trinajstić information content (AvgIpc) is 2.74. The maximum absolute atomic E-state index is 11.3. The van der Waals surface area contributed by atoms with Crippen LogP contribution in [-0.2, 0) is 5.41 Å². The number of halogens is 1. The average molecular weight is 296 g/mol. The first-order valence-corrected chi connectivity index (χ1v) is 6.99. The monoisotopic (exact) mass is 295 g/mol. The molecule has 0 unspecified atom stereocenters. The van der Waals surface area contributed by atoms with E-state index in [2.05, 4.69) is 4.98 Å². The van der Waals surface area contributed by atoms with E-state index in [1.165, 1.54) is 11.3 Å². The Morgan fingerprint density at radius 3 is 2.47 bits per heavy atom. The Morgan fingerprint density at radius 1 is 1.32 bits per heavy atom. The van der Waals surface area contributed by atoms with E-state index in [9.17, 15) is 9.90 Å². The summed E-state index contributed by atoms with van der Waals surface area (Å²) < 4.78 is 0. The molecule has 1 aromatic carbocycles. The van der Waals surface area contributed by atoms with Gasteiger partial charge in [-0.15, -0.1) is 11.3 Å². The maximum Gasteiger partial charge on any atom is 0.356 e. The van der Waals surface area contributed by atoms with Crippen molar-refractivity contribution in [3.63, 3.8) is 0 Å². The Balaban J connectivity index is 2.66. The molecule has 1 aromatic heterocycles. The zero-order valence-corrected chi connectivity index (χ0v) is 12.5. The highest BCUT2D eigenvalue weighted by molar-refractivity contribution is 7.15. The van der Waals surface area contributed by atoms with E-state index >= 15 is 0 Å². The molecule has 1 N–H and O–H groups in total. The Hall–Kier alpha value is -1.39. The summed E-state index contributed by atoms with van der Waals surface area (Å²) in [5, 5.41) is 10.6. The van der Waals surface area contributed by atoms with Crippen LogP contribution in [-0.4, -0.2) is 16.1 Å². The Morgan fingerprint density at radius 2 is 1.95 bits per heavy atom. The molecule has 100 valence electrons. The van der Waals surface area contributed by atoms with Crippen molar-refractivity contribution in [2.45, 2.75) is 26.2 Å². The lowest BCUT2D eigenvalue weighted by Gasteiger charge is -2.13. The molecule has 0 amide bonds. The minimum Gasteiger partial charge on any atom is -0.476 e. The highest BCUT2D eigenvalue weighted by atomic mass is 35.5. The van der Waals surface area contributed by atoms with Gasteiger partial charge in [0.2, 0.25) is 0 Å². The Labute approximate surface area is 120 Å². The molecule has 0 aliphatic heterocycles. The van der Waals surface area contributed by atoms with Gasteiger partial charge in [-0.1, -0.05) is 50.6 Å². The zero-order valence-electron chi connectivity index (χ0n) is 10.9. The lowest BCUT2D eigenvalue weighted by Crippen LogP contribution is -2.11. The van der Waals surface area contributed by atoms with Crippen LogP contribution in [0.1, 0.15) is 36.3 Å². The SMILES string of the molecule is CC(C)(C)c1nc(C(=O)O)c(-c2ccccc2Cl)s1. The van der Waals surface area contributed by atoms with Crippen LogP contribution in [0.4, 0.5) is 0 Å². The third kappa shape index (κ3) is 2.80. The van der Waals surface area contributed by atoms with Crippen molar-refractivity contribution in [1.29, 1.82) is 0 Å². The van der Waals surface area contributed by atoms with Gasteiger partial charge in [0.15, 0.2) is 5.69 Å². The van der Waals surface area contributed by atoms with E-state index in [1.54, 1.807) is 6.07 Å². The van der Waals surface area contributed by atoms with Crippen molar-refractivity contribution < 1.29 is 9.90 Å². The molecule has 5 heteroatoms. The first-order chi connectivity index (χ1) is 8.80. The molecule has 0 saturated carbocycles. The first-order valence-electron chi connectivity index (χ1n) is 5.80. The van der Waals surface area contributed by atoms with Gasteiger partial charge in [0.25, 0.3) is 0 Å². The third-order valence-electron chi connectivity index (χ3n) is 2.59. The fourth-order valence-electron chi connectivity index (χ4n) is 1.61. The molecule has 0 bridgehead atoms. The number of aromatic nitrogens is 1. The van der Waals surface area contributed by atoms with Gasteiger partial charge < -0.3 is 5.11 Å². The minimum atomic E-state index is -1.03. The summed E-state index contributed by atoms with van der Waals surface area (Å²) in [6.45, 7) is 6.02. The second-order valence-electron chi connectivity index (χ2n) is 5.23. The highest BCUT2D eigenvalue weighted by Crippen LogP contribution is 2.38. The van der Waals surface area contributed by atoms with E-state index in [4.69, 9.17) is 11.6 Å². The molecule has 0 spiro atoms. The van der Waals surface area contributed by atoms with Gasteiger partial charge in [-0.05, 0) is 6.07 Å². The van der Waals surface area contributed by atoms with Crippen LogP contribution in [0.5, 0.6) is 0 Å². The predicted octanol–water partition coefficient (Wildman–Crippen LogP) is 4.46. The van der Waals surface area contributed by atoms with Crippen LogP contribution in [0, 0.1) is 0 Å². The fourth-order valence-corrected chi connectivity index (χ4v) is 3.05. The van der Waals surface area contributed by atoms with Crippen molar-refractivity contribution in [3.8, 4) is 10.4 Å². The number of thiazole rings is 1. The molecule has 0 atom stereocenters. The second-order valence-corrected chi connectivity index (χ2v) is 6.64. The van der Waals surface area contributed by atoms with Crippen LogP contribution in [0.3, 0.4) is 0 Å². The minimum absolute atomic E-state index is 0.0722. The van der Waals surface area contributed by atoms with Crippen LogP contribution in [0.15, 0.2) is 24.3 Å². The molecular weight excluding hydrogens is 282 g/mol. The number of carboxylic acid groups (broad SMARTS) is 1. The summed E-state index contributed by atoms with van der Waals surface area (Å²) in [4.78, 5) is 16.2. The summed E-state index contributed by atoms with van der Waals surface area (Å²) >= 11 is 7.53. The zero-order chi connectivity index (χ0) is 14.2. The van der Waals surface area contributed by atoms with Crippen LogP contribution in [0.25, 0.3) is 10.4 Å². The van der Waals surface area contributed by atoms with Crippen molar-refractivity contribution in [2.24, 2.45) is 0 Å². The molecule has 0 aliphatic carbocycles. The van der Waals surface area contributed by atoms with Crippen LogP contribution in [0.2, 0.25) is 5.02 Å². The number of carboxylic acids is 1. The van der Waals surface area contributed by atoms with Crippen molar-refractivity contribution in [2.75, 3.05) is 0 Å². The number of benzene rings is 1. The predicted molar refractivity (Wildman–Crippen MR) is 78.2 cm³/mol. The van der Waals surface area contributed by atoms with E-state index in [0.717, 1.165) is 10.6 Å². The molecule has 0 aliphatic rings. The molecule has 1 heterocycles. The number of carbonyl (C=O) groups is 1. The standard InChI is InChI=1S/C14H14ClNO2S/c1-14(2,3)13-16-10(12(17)18)11(19-13)8-6-4-5-7-9(8)15/h4-7H,1-3H3,(H,17,18). The van der Waals surface area contributed by atoms with Crippen molar-refractivity contribution in [1.82, 2.24) is 4.98 Å². The normalized spacial score (nSPS) is 11.6. The number of hydrogen-bond donors (Lipinski definition) is 1. The Bertz CT molecular complexity index is 629. The number of nitrogens with zero attached hydrogens (tertiary/aromatic N) is 1. The number of rotatable bonds is 2. The molecule has 0 saturated heterocycles. The topological polar surface area (TPSA) is 50.2 Å². The van der Waals surface area contributed by atoms with E-state index in [1.807, 2.05) is 39.0 Å². The largest absolute Gasteiger partial charge is 0.476 e. The van der Waals surface area contributed by atoms with Crippen LogP contribution < -0.4 is 0 Å². The summed E-state index contributed by atoms with van der Waals surface area (Å²) in [5.74, 6) is -1.03. The van der Waals surface area contributed by atoms with E-state index < -0.39 is 5.97 Å². The number of hydrogen-bond acceptors (Lipinski definition) is 3. The van der Waals surface area contributed by atoms with Crippen molar-refractivity contribution in [3.05, 3.63) is 40.0 Å². The van der Waals surface area contributed by atoms with E-state index in [0.29, 0.717) is 9.90 Å². The second kappa shape index (κ2) is 4.94. The molecule has 19 heavy (non-hydrogen) atoms. The molecular formula is C14H14ClNO2S. The maximum atomic E-state index is 11.3. The van der Waals surface area contributed by atoms with Gasteiger partial charge in [0.05, 0.1) is 9.88 Å². The molecule has 2 aromatic rings. The number of aromatic carboxylic acids is 1. The molecule has 0 fully saturated rings. The van der Waals surface area contributed by atoms with Gasteiger partial charge >= 0.3 is 5.97 Å². The smallest absolute Gasteiger partial charge is 0.356 e. The summed E-state index contributed by atoms with van der Waals surface area (Å²) in [6.07, 6.45) is 0. The lowest BCUT2D eigenvalue weighted by atomic mass is 9.98. The molecule has 0 radical (unpaired) electrons. The van der Waals surface area contributed by atoms with Crippen LogP contribution >= 0.6 is 22.9 Å². The van der Waals surface area contributed by atoms with Crippen molar-refractivity contribution >= 4 is 28.9 Å². The summed E-state index contributed by atoms with van der Waals surface area (Å²) in [6, 6.07) is 7.22. The highest BCUT2D eigenvalue weighted by Gasteiger charge is 2.26. The van der Waals surface area contributed by atoms with Gasteiger partial charge in [0, 0.05) is 16.0 Å². The van der Waals surface area contributed by atoms with Gasteiger partial charge in [-0.3, -0.25) is 0 Å². The van der Waals surface area contributed by atoms with E-state index in [-0.39, 0.29) is 11.1 Å².